The lowest BCUT2D eigenvalue weighted by Gasteiger charge is -2.14. The molecule has 0 radical (unpaired) electrons. The predicted molar refractivity (Wildman–Crippen MR) is 87.2 cm³/mol. The lowest BCUT2D eigenvalue weighted by Crippen LogP contribution is -2.11. The van der Waals surface area contributed by atoms with E-state index >= 15 is 0 Å². The number of benzene rings is 2. The van der Waals surface area contributed by atoms with E-state index in [1.807, 2.05) is 32.9 Å². The van der Waals surface area contributed by atoms with Gasteiger partial charge < -0.3 is 4.18 Å². The summed E-state index contributed by atoms with van der Waals surface area (Å²) in [7, 11) is -3.82. The van der Waals surface area contributed by atoms with Gasteiger partial charge in [-0.3, -0.25) is 0 Å². The van der Waals surface area contributed by atoms with Crippen molar-refractivity contribution in [2.24, 2.45) is 0 Å². The second-order valence-electron chi connectivity index (χ2n) is 5.19. The fourth-order valence-electron chi connectivity index (χ4n) is 1.96. The molecule has 2 rings (SSSR count). The first kappa shape index (κ1) is 16.0. The van der Waals surface area contributed by atoms with Crippen LogP contribution in [0.4, 0.5) is 0 Å². The Bertz CT molecular complexity index is 735. The maximum Gasteiger partial charge on any atom is 0.339 e. The highest BCUT2D eigenvalue weighted by molar-refractivity contribution is 9.10. The van der Waals surface area contributed by atoms with Crippen molar-refractivity contribution in [3.05, 3.63) is 58.1 Å². The third-order valence-corrected chi connectivity index (χ3v) is 4.87. The van der Waals surface area contributed by atoms with Crippen molar-refractivity contribution < 1.29 is 12.6 Å². The molecule has 0 fully saturated rings. The molecule has 0 aliphatic carbocycles. The summed E-state index contributed by atoms with van der Waals surface area (Å²) in [5, 5.41) is 0. The lowest BCUT2D eigenvalue weighted by molar-refractivity contribution is 0.481. The van der Waals surface area contributed by atoms with Crippen molar-refractivity contribution in [3.63, 3.8) is 0 Å². The molecule has 112 valence electrons. The molecule has 21 heavy (non-hydrogen) atoms. The van der Waals surface area contributed by atoms with Gasteiger partial charge in [-0.25, -0.2) is 0 Å². The maximum absolute atomic E-state index is 12.4. The molecular formula is C16H17BrO3S. The summed E-state index contributed by atoms with van der Waals surface area (Å²) in [5.41, 5.74) is 1.83. The zero-order valence-electron chi connectivity index (χ0n) is 12.1. The van der Waals surface area contributed by atoms with Crippen molar-refractivity contribution >= 4 is 26.0 Å². The molecule has 0 aliphatic rings. The van der Waals surface area contributed by atoms with E-state index in [0.717, 1.165) is 15.6 Å². The topological polar surface area (TPSA) is 43.4 Å². The number of halogens is 1. The van der Waals surface area contributed by atoms with Gasteiger partial charge in [-0.1, -0.05) is 41.9 Å². The van der Waals surface area contributed by atoms with Crippen LogP contribution >= 0.6 is 15.9 Å². The van der Waals surface area contributed by atoms with Crippen molar-refractivity contribution in [3.8, 4) is 5.75 Å². The molecule has 0 bridgehead atoms. The predicted octanol–water partition coefficient (Wildman–Crippen LogP) is 4.65. The number of aryl methyl sites for hydroxylation is 1. The Morgan fingerprint density at radius 1 is 1.05 bits per heavy atom. The van der Waals surface area contributed by atoms with Crippen molar-refractivity contribution in [1.82, 2.24) is 0 Å². The Kier molecular flexibility index (Phi) is 4.74. The second-order valence-corrected chi connectivity index (χ2v) is 7.65. The maximum atomic E-state index is 12.4. The van der Waals surface area contributed by atoms with Crippen LogP contribution in [0.25, 0.3) is 0 Å². The van der Waals surface area contributed by atoms with E-state index in [4.69, 9.17) is 4.18 Å². The molecule has 5 heteroatoms. The summed E-state index contributed by atoms with van der Waals surface area (Å²) in [6, 6.07) is 12.0. The van der Waals surface area contributed by atoms with Crippen molar-refractivity contribution in [2.45, 2.75) is 31.6 Å². The van der Waals surface area contributed by atoms with Gasteiger partial charge in [0, 0.05) is 4.47 Å². The van der Waals surface area contributed by atoms with E-state index in [-0.39, 0.29) is 10.8 Å². The highest BCUT2D eigenvalue weighted by atomic mass is 79.9. The minimum atomic E-state index is -3.82. The van der Waals surface area contributed by atoms with E-state index in [9.17, 15) is 8.42 Å². The highest BCUT2D eigenvalue weighted by Crippen LogP contribution is 2.30. The summed E-state index contributed by atoms with van der Waals surface area (Å²) in [6.45, 7) is 5.91. The third kappa shape index (κ3) is 3.86. The van der Waals surface area contributed by atoms with E-state index in [1.54, 1.807) is 18.2 Å². The molecule has 0 atom stereocenters. The Hall–Kier alpha value is -1.33. The summed E-state index contributed by atoms with van der Waals surface area (Å²) in [5.74, 6) is 0.577. The third-order valence-electron chi connectivity index (χ3n) is 3.09. The number of rotatable bonds is 4. The first-order valence-electron chi connectivity index (χ1n) is 6.60. The van der Waals surface area contributed by atoms with Crippen LogP contribution < -0.4 is 4.18 Å². The molecule has 0 heterocycles. The van der Waals surface area contributed by atoms with Gasteiger partial charge in [0.1, 0.15) is 10.6 Å². The molecule has 0 unspecified atom stereocenters. The average Bonchev–Trinajstić information content (AvgIpc) is 2.38. The first-order chi connectivity index (χ1) is 9.79. The molecule has 0 aromatic heterocycles. The largest absolute Gasteiger partial charge is 0.379 e. The van der Waals surface area contributed by atoms with Gasteiger partial charge in [-0.05, 0) is 54.3 Å². The van der Waals surface area contributed by atoms with E-state index in [2.05, 4.69) is 15.9 Å². The molecule has 0 N–H and O–H groups in total. The molecule has 0 saturated heterocycles. The van der Waals surface area contributed by atoms with Crippen LogP contribution in [-0.4, -0.2) is 8.42 Å². The molecule has 0 amide bonds. The van der Waals surface area contributed by atoms with Crippen molar-refractivity contribution in [2.75, 3.05) is 0 Å². The normalized spacial score (nSPS) is 11.7. The fraction of sp³-hybridized carbons (Fsp3) is 0.250. The van der Waals surface area contributed by atoms with Gasteiger partial charge in [0.2, 0.25) is 0 Å². The van der Waals surface area contributed by atoms with Crippen LogP contribution in [0, 0.1) is 6.92 Å². The SMILES string of the molecule is Cc1ccc(C(C)C)c(OS(=O)(=O)c2ccc(Br)cc2)c1. The second kappa shape index (κ2) is 6.20. The van der Waals surface area contributed by atoms with Crippen LogP contribution in [0.5, 0.6) is 5.75 Å². The van der Waals surface area contributed by atoms with E-state index in [1.165, 1.54) is 12.1 Å². The van der Waals surface area contributed by atoms with Gasteiger partial charge in [-0.2, -0.15) is 8.42 Å². The summed E-state index contributed by atoms with van der Waals surface area (Å²) in [4.78, 5) is 0.141. The Morgan fingerprint density at radius 3 is 2.24 bits per heavy atom. The van der Waals surface area contributed by atoms with Gasteiger partial charge in [0.15, 0.2) is 0 Å². The smallest absolute Gasteiger partial charge is 0.339 e. The molecule has 0 saturated carbocycles. The quantitative estimate of drug-likeness (QED) is 0.737. The average molecular weight is 369 g/mol. The zero-order chi connectivity index (χ0) is 15.6. The molecule has 2 aromatic rings. The summed E-state index contributed by atoms with van der Waals surface area (Å²) in [6.07, 6.45) is 0. The first-order valence-corrected chi connectivity index (χ1v) is 8.80. The van der Waals surface area contributed by atoms with Crippen LogP contribution in [0.2, 0.25) is 0 Å². The summed E-state index contributed by atoms with van der Waals surface area (Å²) >= 11 is 3.28. The summed E-state index contributed by atoms with van der Waals surface area (Å²) < 4.78 is 30.9. The van der Waals surface area contributed by atoms with E-state index in [0.29, 0.717) is 5.75 Å². The van der Waals surface area contributed by atoms with Crippen LogP contribution in [0.1, 0.15) is 30.9 Å². The van der Waals surface area contributed by atoms with Gasteiger partial charge in [-0.15, -0.1) is 0 Å². The number of hydrogen-bond acceptors (Lipinski definition) is 3. The number of hydrogen-bond donors (Lipinski definition) is 0. The van der Waals surface area contributed by atoms with E-state index < -0.39 is 10.1 Å². The molecule has 0 aliphatic heterocycles. The fourth-order valence-corrected chi connectivity index (χ4v) is 3.17. The molecule has 3 nitrogen and oxygen atoms in total. The highest BCUT2D eigenvalue weighted by Gasteiger charge is 2.19. The van der Waals surface area contributed by atoms with Crippen LogP contribution in [-0.2, 0) is 10.1 Å². The van der Waals surface area contributed by atoms with Crippen molar-refractivity contribution in [1.29, 1.82) is 0 Å². The minimum Gasteiger partial charge on any atom is -0.379 e. The van der Waals surface area contributed by atoms with Gasteiger partial charge in [0.25, 0.3) is 0 Å². The molecule has 2 aromatic carbocycles. The van der Waals surface area contributed by atoms with Gasteiger partial charge in [0.05, 0.1) is 0 Å². The lowest BCUT2D eigenvalue weighted by atomic mass is 10.0. The Balaban J connectivity index is 2.41. The zero-order valence-corrected chi connectivity index (χ0v) is 14.5. The molecule has 0 spiro atoms. The van der Waals surface area contributed by atoms with Gasteiger partial charge >= 0.3 is 10.1 Å². The minimum absolute atomic E-state index is 0.141. The van der Waals surface area contributed by atoms with Crippen LogP contribution in [0.15, 0.2) is 51.8 Å². The monoisotopic (exact) mass is 368 g/mol. The Morgan fingerprint density at radius 2 is 1.67 bits per heavy atom. The van der Waals surface area contributed by atoms with Crippen LogP contribution in [0.3, 0.4) is 0 Å². The standard InChI is InChI=1S/C16H17BrO3S/c1-11(2)15-9-4-12(3)10-16(15)20-21(18,19)14-7-5-13(17)6-8-14/h4-11H,1-3H3. The molecular weight excluding hydrogens is 352 g/mol. The Labute approximate surface area is 134 Å².